The van der Waals surface area contributed by atoms with E-state index in [2.05, 4.69) is 5.32 Å². The minimum atomic E-state index is -0.551. The number of hydrogen-bond donors (Lipinski definition) is 2. The number of nitrogens with one attached hydrogen (secondary N) is 1. The largest absolute Gasteiger partial charge is 0.354 e. The highest BCUT2D eigenvalue weighted by Gasteiger charge is 2.19. The Labute approximate surface area is 106 Å². The van der Waals surface area contributed by atoms with Crippen molar-refractivity contribution in [2.24, 2.45) is 11.7 Å². The van der Waals surface area contributed by atoms with Crippen molar-refractivity contribution >= 4 is 17.7 Å². The summed E-state index contributed by atoms with van der Waals surface area (Å²) in [6.07, 6.45) is 1.20. The molecule has 0 radical (unpaired) electrons. The van der Waals surface area contributed by atoms with E-state index >= 15 is 0 Å². The summed E-state index contributed by atoms with van der Waals surface area (Å²) < 4.78 is 0. The molecule has 0 saturated carbocycles. The van der Waals surface area contributed by atoms with Gasteiger partial charge in [-0.2, -0.15) is 11.8 Å². The molecule has 1 fully saturated rings. The summed E-state index contributed by atoms with van der Waals surface area (Å²) in [5.74, 6) is 2.91. The highest BCUT2D eigenvalue weighted by molar-refractivity contribution is 7.99. The first-order valence-electron chi connectivity index (χ1n) is 5.93. The lowest BCUT2D eigenvalue weighted by Crippen LogP contribution is -2.36. The molecule has 0 aliphatic carbocycles. The predicted octanol–water partition coefficient (Wildman–Crippen LogP) is 1.56. The summed E-state index contributed by atoms with van der Waals surface area (Å²) in [5, 5.41) is 2.95. The molecule has 1 aliphatic rings. The van der Waals surface area contributed by atoms with Crippen LogP contribution in [0.15, 0.2) is 30.3 Å². The highest BCUT2D eigenvalue weighted by atomic mass is 32.2. The van der Waals surface area contributed by atoms with Crippen molar-refractivity contribution in [3.8, 4) is 0 Å². The molecule has 3 nitrogen and oxygen atoms in total. The Balaban J connectivity index is 1.83. The maximum Gasteiger partial charge on any atom is 0.241 e. The summed E-state index contributed by atoms with van der Waals surface area (Å²) in [4.78, 5) is 11.9. The predicted molar refractivity (Wildman–Crippen MR) is 71.8 cm³/mol. The molecule has 2 atom stereocenters. The van der Waals surface area contributed by atoms with E-state index in [0.717, 1.165) is 17.9 Å². The van der Waals surface area contributed by atoms with Crippen LogP contribution in [-0.2, 0) is 4.79 Å². The van der Waals surface area contributed by atoms with Gasteiger partial charge < -0.3 is 11.1 Å². The lowest BCUT2D eigenvalue weighted by Gasteiger charge is -2.14. The van der Waals surface area contributed by atoms with Gasteiger partial charge in [-0.15, -0.1) is 0 Å². The molecule has 4 heteroatoms. The van der Waals surface area contributed by atoms with Gasteiger partial charge in [-0.3, -0.25) is 4.79 Å². The van der Waals surface area contributed by atoms with Crippen molar-refractivity contribution in [3.63, 3.8) is 0 Å². The van der Waals surface area contributed by atoms with Crippen LogP contribution >= 0.6 is 11.8 Å². The standard InChI is InChI=1S/C13H18N2OS/c14-12(11-4-2-1-3-5-11)13(16)15-8-10-6-7-17-9-10/h1-5,10,12H,6-9,14H2,(H,15,16)/t10?,12-/m1/s1. The second kappa shape index (κ2) is 6.07. The van der Waals surface area contributed by atoms with Crippen LogP contribution < -0.4 is 11.1 Å². The third-order valence-corrected chi connectivity index (χ3v) is 4.26. The Bertz CT molecular complexity index is 363. The van der Waals surface area contributed by atoms with Crippen LogP contribution in [0, 0.1) is 5.92 Å². The molecule has 1 aromatic carbocycles. The van der Waals surface area contributed by atoms with E-state index in [1.165, 1.54) is 12.2 Å². The third kappa shape index (κ3) is 3.48. The summed E-state index contributed by atoms with van der Waals surface area (Å²) in [7, 11) is 0. The minimum Gasteiger partial charge on any atom is -0.354 e. The van der Waals surface area contributed by atoms with E-state index in [1.807, 2.05) is 42.1 Å². The van der Waals surface area contributed by atoms with Crippen LogP contribution in [0.3, 0.4) is 0 Å². The lowest BCUT2D eigenvalue weighted by atomic mass is 10.1. The van der Waals surface area contributed by atoms with E-state index in [9.17, 15) is 4.79 Å². The fraction of sp³-hybridized carbons (Fsp3) is 0.462. The SMILES string of the molecule is N[C@@H](C(=O)NCC1CCSC1)c1ccccc1. The van der Waals surface area contributed by atoms with Gasteiger partial charge in [0, 0.05) is 6.54 Å². The third-order valence-electron chi connectivity index (χ3n) is 3.03. The van der Waals surface area contributed by atoms with Gasteiger partial charge in [0.2, 0.25) is 5.91 Å². The maximum atomic E-state index is 11.9. The molecule has 1 amide bonds. The maximum absolute atomic E-state index is 11.9. The average molecular weight is 250 g/mol. The summed E-state index contributed by atoms with van der Waals surface area (Å²) in [5.41, 5.74) is 6.77. The molecule has 2 rings (SSSR count). The average Bonchev–Trinajstić information content (AvgIpc) is 2.89. The fourth-order valence-corrected chi connectivity index (χ4v) is 3.20. The van der Waals surface area contributed by atoms with Crippen molar-refractivity contribution in [1.29, 1.82) is 0 Å². The van der Waals surface area contributed by atoms with Crippen molar-refractivity contribution in [2.75, 3.05) is 18.1 Å². The Morgan fingerprint density at radius 1 is 1.47 bits per heavy atom. The number of nitrogens with two attached hydrogens (primary N) is 1. The Morgan fingerprint density at radius 2 is 2.24 bits per heavy atom. The van der Waals surface area contributed by atoms with Crippen LogP contribution in [-0.4, -0.2) is 24.0 Å². The molecule has 0 aromatic heterocycles. The zero-order chi connectivity index (χ0) is 12.1. The molecule has 1 saturated heterocycles. The van der Waals surface area contributed by atoms with Gasteiger partial charge in [0.25, 0.3) is 0 Å². The molecule has 0 spiro atoms. The molecule has 1 aromatic rings. The number of rotatable bonds is 4. The van der Waals surface area contributed by atoms with Crippen LogP contribution in [0.5, 0.6) is 0 Å². The molecule has 1 aliphatic heterocycles. The van der Waals surface area contributed by atoms with Crippen LogP contribution in [0.4, 0.5) is 0 Å². The van der Waals surface area contributed by atoms with E-state index in [-0.39, 0.29) is 5.91 Å². The molecule has 0 bridgehead atoms. The molecular formula is C13H18N2OS. The summed E-state index contributed by atoms with van der Waals surface area (Å²) >= 11 is 1.96. The lowest BCUT2D eigenvalue weighted by molar-refractivity contribution is -0.122. The summed E-state index contributed by atoms with van der Waals surface area (Å²) in [6.45, 7) is 0.756. The number of carbonyl (C=O) groups excluding carboxylic acids is 1. The van der Waals surface area contributed by atoms with Gasteiger partial charge in [0.05, 0.1) is 0 Å². The van der Waals surface area contributed by atoms with Gasteiger partial charge in [0.15, 0.2) is 0 Å². The van der Waals surface area contributed by atoms with E-state index in [0.29, 0.717) is 5.92 Å². The quantitative estimate of drug-likeness (QED) is 0.852. The zero-order valence-corrected chi connectivity index (χ0v) is 10.6. The van der Waals surface area contributed by atoms with Gasteiger partial charge in [-0.05, 0) is 29.4 Å². The van der Waals surface area contributed by atoms with Crippen molar-refractivity contribution in [1.82, 2.24) is 5.32 Å². The fourth-order valence-electron chi connectivity index (χ4n) is 1.91. The van der Waals surface area contributed by atoms with Gasteiger partial charge in [-0.1, -0.05) is 30.3 Å². The first-order valence-corrected chi connectivity index (χ1v) is 7.09. The zero-order valence-electron chi connectivity index (χ0n) is 9.76. The van der Waals surface area contributed by atoms with E-state index < -0.39 is 6.04 Å². The first-order chi connectivity index (χ1) is 8.27. The number of amides is 1. The second-order valence-electron chi connectivity index (χ2n) is 4.36. The topological polar surface area (TPSA) is 55.1 Å². The van der Waals surface area contributed by atoms with Gasteiger partial charge >= 0.3 is 0 Å². The van der Waals surface area contributed by atoms with Crippen molar-refractivity contribution in [2.45, 2.75) is 12.5 Å². The van der Waals surface area contributed by atoms with Crippen molar-refractivity contribution in [3.05, 3.63) is 35.9 Å². The van der Waals surface area contributed by atoms with E-state index in [1.54, 1.807) is 0 Å². The molecular weight excluding hydrogens is 232 g/mol. The van der Waals surface area contributed by atoms with E-state index in [4.69, 9.17) is 5.73 Å². The summed E-state index contributed by atoms with van der Waals surface area (Å²) in [6, 6.07) is 8.94. The van der Waals surface area contributed by atoms with Crippen LogP contribution in [0.25, 0.3) is 0 Å². The molecule has 92 valence electrons. The number of thioether (sulfide) groups is 1. The molecule has 3 N–H and O–H groups in total. The second-order valence-corrected chi connectivity index (χ2v) is 5.51. The first kappa shape index (κ1) is 12.5. The highest BCUT2D eigenvalue weighted by Crippen LogP contribution is 2.22. The number of benzene rings is 1. The minimum absolute atomic E-state index is 0.0758. The number of carbonyl (C=O) groups is 1. The van der Waals surface area contributed by atoms with Crippen LogP contribution in [0.2, 0.25) is 0 Å². The van der Waals surface area contributed by atoms with Crippen LogP contribution in [0.1, 0.15) is 18.0 Å². The number of hydrogen-bond acceptors (Lipinski definition) is 3. The smallest absolute Gasteiger partial charge is 0.241 e. The van der Waals surface area contributed by atoms with Crippen molar-refractivity contribution < 1.29 is 4.79 Å². The Hall–Kier alpha value is -1.00. The normalized spacial score (nSPS) is 21.1. The Morgan fingerprint density at radius 3 is 2.88 bits per heavy atom. The monoisotopic (exact) mass is 250 g/mol. The molecule has 1 unspecified atom stereocenters. The molecule has 1 heterocycles. The molecule has 17 heavy (non-hydrogen) atoms. The van der Waals surface area contributed by atoms with Gasteiger partial charge in [-0.25, -0.2) is 0 Å². The van der Waals surface area contributed by atoms with Gasteiger partial charge in [0.1, 0.15) is 6.04 Å². The Kier molecular flexibility index (Phi) is 4.45.